The molecule has 2 fully saturated rings. The van der Waals surface area contributed by atoms with Gasteiger partial charge in [0.2, 0.25) is 5.91 Å². The molecule has 0 bridgehead atoms. The number of halogens is 1. The maximum Gasteiger partial charge on any atom is 0.325 e. The van der Waals surface area contributed by atoms with E-state index < -0.39 is 23.4 Å². The van der Waals surface area contributed by atoms with Crippen molar-refractivity contribution in [2.24, 2.45) is 0 Å². The molecule has 4 amide bonds. The summed E-state index contributed by atoms with van der Waals surface area (Å²) in [4.78, 5) is 44.1. The number of urea groups is 1. The van der Waals surface area contributed by atoms with E-state index in [-0.39, 0.29) is 6.54 Å². The number of anilines is 2. The van der Waals surface area contributed by atoms with Gasteiger partial charge in [-0.15, -0.1) is 0 Å². The highest BCUT2D eigenvalue weighted by Crippen LogP contribution is 2.31. The summed E-state index contributed by atoms with van der Waals surface area (Å²) in [6.45, 7) is 7.95. The molecule has 0 aromatic heterocycles. The van der Waals surface area contributed by atoms with Crippen molar-refractivity contribution in [2.75, 3.05) is 49.5 Å². The predicted octanol–water partition coefficient (Wildman–Crippen LogP) is 2.89. The summed E-state index contributed by atoms with van der Waals surface area (Å²) in [5.74, 6) is -0.928. The Bertz CT molecular complexity index is 1060. The second kappa shape index (κ2) is 9.41. The van der Waals surface area contributed by atoms with Crippen LogP contribution >= 0.6 is 11.6 Å². The number of rotatable bonds is 6. The summed E-state index contributed by atoms with van der Waals surface area (Å²) in [7, 11) is 0. The van der Waals surface area contributed by atoms with Crippen molar-refractivity contribution in [3.63, 3.8) is 0 Å². The Kier molecular flexibility index (Phi) is 6.58. The van der Waals surface area contributed by atoms with Gasteiger partial charge < -0.3 is 20.4 Å². The van der Waals surface area contributed by atoms with E-state index in [1.807, 2.05) is 12.1 Å². The fourth-order valence-electron chi connectivity index (χ4n) is 4.33. The summed E-state index contributed by atoms with van der Waals surface area (Å²) in [5.41, 5.74) is 0.887. The summed E-state index contributed by atoms with van der Waals surface area (Å²) in [6.07, 6.45) is 0. The van der Waals surface area contributed by atoms with E-state index in [0.29, 0.717) is 16.3 Å². The average molecular weight is 470 g/mol. The molecular weight excluding hydrogens is 442 g/mol. The van der Waals surface area contributed by atoms with Gasteiger partial charge in [-0.3, -0.25) is 14.5 Å². The van der Waals surface area contributed by atoms with Crippen LogP contribution in [0.2, 0.25) is 5.02 Å². The summed E-state index contributed by atoms with van der Waals surface area (Å²) in [6, 6.07) is 13.8. The Balaban J connectivity index is 1.48. The van der Waals surface area contributed by atoms with Gasteiger partial charge in [-0.2, -0.15) is 0 Å². The number of carbonyl (C=O) groups excluding carboxylic acids is 3. The maximum atomic E-state index is 13.1. The van der Waals surface area contributed by atoms with Crippen molar-refractivity contribution < 1.29 is 14.4 Å². The van der Waals surface area contributed by atoms with Crippen molar-refractivity contribution in [1.82, 2.24) is 15.1 Å². The molecule has 4 rings (SSSR count). The van der Waals surface area contributed by atoms with Gasteiger partial charge in [-0.1, -0.05) is 48.9 Å². The molecule has 1 unspecified atom stereocenters. The first-order chi connectivity index (χ1) is 15.8. The van der Waals surface area contributed by atoms with Crippen molar-refractivity contribution in [3.05, 3.63) is 59.1 Å². The molecule has 2 aliphatic heterocycles. The first-order valence-electron chi connectivity index (χ1n) is 11.1. The van der Waals surface area contributed by atoms with Crippen molar-refractivity contribution in [1.29, 1.82) is 0 Å². The predicted molar refractivity (Wildman–Crippen MR) is 128 cm³/mol. The minimum Gasteiger partial charge on any atom is -0.367 e. The van der Waals surface area contributed by atoms with Gasteiger partial charge in [0.05, 0.1) is 11.4 Å². The summed E-state index contributed by atoms with van der Waals surface area (Å²) < 4.78 is 0. The smallest absolute Gasteiger partial charge is 0.325 e. The van der Waals surface area contributed by atoms with E-state index in [1.54, 1.807) is 43.3 Å². The van der Waals surface area contributed by atoms with Gasteiger partial charge >= 0.3 is 6.03 Å². The van der Waals surface area contributed by atoms with Crippen LogP contribution in [0.5, 0.6) is 0 Å². The first kappa shape index (κ1) is 23.1. The molecule has 2 aliphatic rings. The van der Waals surface area contributed by atoms with E-state index in [9.17, 15) is 14.4 Å². The number of nitrogens with zero attached hydrogens (tertiary/aromatic N) is 3. The third kappa shape index (κ3) is 4.67. The highest BCUT2D eigenvalue weighted by atomic mass is 35.5. The van der Waals surface area contributed by atoms with Crippen LogP contribution in [0.3, 0.4) is 0 Å². The van der Waals surface area contributed by atoms with Gasteiger partial charge in [-0.25, -0.2) is 4.79 Å². The Morgan fingerprint density at radius 1 is 1.09 bits per heavy atom. The molecule has 0 radical (unpaired) electrons. The molecule has 0 spiro atoms. The highest BCUT2D eigenvalue weighted by molar-refractivity contribution is 6.31. The molecule has 9 heteroatoms. The first-order valence-corrected chi connectivity index (χ1v) is 11.5. The minimum atomic E-state index is -1.21. The fourth-order valence-corrected chi connectivity index (χ4v) is 4.50. The van der Waals surface area contributed by atoms with Crippen LogP contribution in [0.15, 0.2) is 48.5 Å². The van der Waals surface area contributed by atoms with Gasteiger partial charge in [0.1, 0.15) is 12.1 Å². The second-order valence-electron chi connectivity index (χ2n) is 8.44. The molecule has 0 saturated carbocycles. The van der Waals surface area contributed by atoms with E-state index in [1.165, 1.54) is 0 Å². The number of hydrogen-bond donors (Lipinski definition) is 2. The SMILES string of the molecule is CCN1CCN(c2ccc(Cl)cc2NC(=O)CN2C(=O)NC(C)(c3ccccc3)C2=O)CC1. The van der Waals surface area contributed by atoms with Crippen LogP contribution in [0.1, 0.15) is 19.4 Å². The van der Waals surface area contributed by atoms with Crippen LogP contribution in [0.4, 0.5) is 16.2 Å². The number of hydrogen-bond acceptors (Lipinski definition) is 5. The zero-order valence-electron chi connectivity index (χ0n) is 18.8. The van der Waals surface area contributed by atoms with Crippen molar-refractivity contribution in [2.45, 2.75) is 19.4 Å². The van der Waals surface area contributed by atoms with Gasteiger partial charge in [-0.05, 0) is 37.2 Å². The van der Waals surface area contributed by atoms with Crippen LogP contribution in [-0.2, 0) is 15.1 Å². The van der Waals surface area contributed by atoms with Gasteiger partial charge in [0.25, 0.3) is 5.91 Å². The zero-order valence-corrected chi connectivity index (χ0v) is 19.6. The number of imide groups is 1. The lowest BCUT2D eigenvalue weighted by molar-refractivity contribution is -0.133. The van der Waals surface area contributed by atoms with Crippen LogP contribution in [0, 0.1) is 0 Å². The van der Waals surface area contributed by atoms with Crippen LogP contribution in [-0.4, -0.2) is 66.9 Å². The molecule has 2 N–H and O–H groups in total. The standard InChI is InChI=1S/C24H28ClN5O3/c1-3-28-11-13-29(14-12-28)20-10-9-18(25)15-19(20)26-21(31)16-30-22(32)24(2,27-23(30)33)17-7-5-4-6-8-17/h4-10,15H,3,11-14,16H2,1-2H3,(H,26,31)(H,27,33). The monoisotopic (exact) mass is 469 g/mol. The normalized spacial score (nSPS) is 21.3. The lowest BCUT2D eigenvalue weighted by Gasteiger charge is -2.36. The Hall–Kier alpha value is -3.10. The van der Waals surface area contributed by atoms with E-state index >= 15 is 0 Å². The van der Waals surface area contributed by atoms with E-state index in [2.05, 4.69) is 27.4 Å². The minimum absolute atomic E-state index is 0.386. The second-order valence-corrected chi connectivity index (χ2v) is 8.88. The van der Waals surface area contributed by atoms with E-state index in [0.717, 1.165) is 43.3 Å². The summed E-state index contributed by atoms with van der Waals surface area (Å²) >= 11 is 6.20. The summed E-state index contributed by atoms with van der Waals surface area (Å²) in [5, 5.41) is 6.07. The maximum absolute atomic E-state index is 13.1. The number of carbonyl (C=O) groups is 3. The van der Waals surface area contributed by atoms with E-state index in [4.69, 9.17) is 11.6 Å². The number of likely N-dealkylation sites (N-methyl/N-ethyl adjacent to an activating group) is 1. The fraction of sp³-hybridized carbons (Fsp3) is 0.375. The Morgan fingerprint density at radius 3 is 2.45 bits per heavy atom. The molecule has 0 aliphatic carbocycles. The van der Waals surface area contributed by atoms with Crippen LogP contribution in [0.25, 0.3) is 0 Å². The lowest BCUT2D eigenvalue weighted by Crippen LogP contribution is -2.46. The molecule has 2 aromatic rings. The molecule has 174 valence electrons. The molecule has 1 atom stereocenters. The Labute approximate surface area is 198 Å². The zero-order chi connectivity index (χ0) is 23.6. The van der Waals surface area contributed by atoms with Crippen molar-refractivity contribution >= 4 is 40.8 Å². The van der Waals surface area contributed by atoms with Gasteiger partial charge in [0.15, 0.2) is 0 Å². The third-order valence-electron chi connectivity index (χ3n) is 6.32. The molecule has 2 saturated heterocycles. The highest BCUT2D eigenvalue weighted by Gasteiger charge is 2.49. The van der Waals surface area contributed by atoms with Gasteiger partial charge in [0, 0.05) is 31.2 Å². The molecule has 2 heterocycles. The number of amides is 4. The molecule has 8 nitrogen and oxygen atoms in total. The molecule has 33 heavy (non-hydrogen) atoms. The topological polar surface area (TPSA) is 85.0 Å². The van der Waals surface area contributed by atoms with Crippen molar-refractivity contribution in [3.8, 4) is 0 Å². The molecular formula is C24H28ClN5O3. The van der Waals surface area contributed by atoms with Crippen LogP contribution < -0.4 is 15.5 Å². The lowest BCUT2D eigenvalue weighted by atomic mass is 9.92. The third-order valence-corrected chi connectivity index (χ3v) is 6.56. The number of benzene rings is 2. The largest absolute Gasteiger partial charge is 0.367 e. The quantitative estimate of drug-likeness (QED) is 0.635. The molecule has 2 aromatic carbocycles. The number of nitrogens with one attached hydrogen (secondary N) is 2. The number of piperazine rings is 1. The average Bonchev–Trinajstić information content (AvgIpc) is 3.04. The Morgan fingerprint density at radius 2 is 1.79 bits per heavy atom.